The largest absolute Gasteiger partial charge is 0.462 e. The molecule has 28 heavy (non-hydrogen) atoms. The maximum Gasteiger partial charge on any atom is 0.417 e. The molecule has 0 spiro atoms. The zero-order chi connectivity index (χ0) is 20.5. The third kappa shape index (κ3) is 3.75. The van der Waals surface area contributed by atoms with Crippen molar-refractivity contribution in [2.75, 3.05) is 12.4 Å². The standard InChI is InChI=1S/C17H15F3N4O3S/c1-3-27-15(25)10-7-12(28-4-2)14(21-8-10)24-16(26)23-9-11(17(18,19)20)5-6-13(23)22-24/h5-9H,3-4H2,1-2H3. The van der Waals surface area contributed by atoms with Crippen LogP contribution in [-0.2, 0) is 10.9 Å². The van der Waals surface area contributed by atoms with E-state index in [1.165, 1.54) is 24.0 Å². The minimum atomic E-state index is -4.58. The number of rotatable bonds is 5. The van der Waals surface area contributed by atoms with Gasteiger partial charge in [-0.3, -0.25) is 0 Å². The molecule has 3 rings (SSSR count). The van der Waals surface area contributed by atoms with Crippen molar-refractivity contribution in [3.63, 3.8) is 0 Å². The van der Waals surface area contributed by atoms with Crippen LogP contribution in [-0.4, -0.2) is 37.5 Å². The molecule has 0 aromatic carbocycles. The van der Waals surface area contributed by atoms with Gasteiger partial charge in [-0.2, -0.15) is 17.9 Å². The summed E-state index contributed by atoms with van der Waals surface area (Å²) < 4.78 is 45.4. The van der Waals surface area contributed by atoms with E-state index in [1.54, 1.807) is 6.92 Å². The van der Waals surface area contributed by atoms with E-state index in [2.05, 4.69) is 10.1 Å². The summed E-state index contributed by atoms with van der Waals surface area (Å²) in [5, 5.41) is 4.07. The van der Waals surface area contributed by atoms with Crippen LogP contribution in [0, 0.1) is 0 Å². The maximum absolute atomic E-state index is 12.9. The van der Waals surface area contributed by atoms with Gasteiger partial charge in [-0.1, -0.05) is 6.92 Å². The molecule has 3 heterocycles. The van der Waals surface area contributed by atoms with Crippen molar-refractivity contribution in [2.24, 2.45) is 0 Å². The van der Waals surface area contributed by atoms with Crippen LogP contribution in [0.2, 0.25) is 0 Å². The van der Waals surface area contributed by atoms with Crippen LogP contribution in [0.5, 0.6) is 0 Å². The van der Waals surface area contributed by atoms with Gasteiger partial charge < -0.3 is 4.74 Å². The summed E-state index contributed by atoms with van der Waals surface area (Å²) in [6, 6.07) is 3.48. The minimum absolute atomic E-state index is 0.0433. The van der Waals surface area contributed by atoms with E-state index in [0.717, 1.165) is 21.2 Å². The third-order valence-corrected chi connectivity index (χ3v) is 4.59. The number of carbonyl (C=O) groups excluding carboxylic acids is 1. The molecule has 0 aliphatic rings. The zero-order valence-corrected chi connectivity index (χ0v) is 15.7. The van der Waals surface area contributed by atoms with E-state index in [4.69, 9.17) is 4.74 Å². The summed E-state index contributed by atoms with van der Waals surface area (Å²) in [6.45, 7) is 3.74. The number of hydrogen-bond acceptors (Lipinski definition) is 6. The summed E-state index contributed by atoms with van der Waals surface area (Å²) in [4.78, 5) is 29.2. The van der Waals surface area contributed by atoms with Crippen LogP contribution < -0.4 is 5.69 Å². The van der Waals surface area contributed by atoms with Crippen LogP contribution in [0.1, 0.15) is 29.8 Å². The highest BCUT2D eigenvalue weighted by Gasteiger charge is 2.31. The van der Waals surface area contributed by atoms with Crippen molar-refractivity contribution < 1.29 is 22.7 Å². The number of hydrogen-bond donors (Lipinski definition) is 0. The Morgan fingerprint density at radius 2 is 2.04 bits per heavy atom. The van der Waals surface area contributed by atoms with Crippen LogP contribution in [0.15, 0.2) is 40.3 Å². The number of alkyl halides is 3. The first-order chi connectivity index (χ1) is 13.3. The fourth-order valence-corrected chi connectivity index (χ4v) is 3.25. The number of fused-ring (bicyclic) bond motifs is 1. The highest BCUT2D eigenvalue weighted by atomic mass is 32.2. The molecule has 0 aliphatic carbocycles. The highest BCUT2D eigenvalue weighted by molar-refractivity contribution is 7.99. The number of esters is 1. The van der Waals surface area contributed by atoms with Gasteiger partial charge in [0.05, 0.1) is 22.6 Å². The van der Waals surface area contributed by atoms with Crippen LogP contribution in [0.3, 0.4) is 0 Å². The number of nitrogens with zero attached hydrogens (tertiary/aromatic N) is 4. The smallest absolute Gasteiger partial charge is 0.417 e. The second kappa shape index (κ2) is 7.66. The molecular weight excluding hydrogens is 397 g/mol. The molecule has 0 atom stereocenters. The molecule has 0 radical (unpaired) electrons. The molecule has 0 bridgehead atoms. The first-order valence-corrected chi connectivity index (χ1v) is 9.23. The van der Waals surface area contributed by atoms with Crippen molar-refractivity contribution in [3.8, 4) is 5.82 Å². The minimum Gasteiger partial charge on any atom is -0.462 e. The lowest BCUT2D eigenvalue weighted by atomic mass is 10.3. The monoisotopic (exact) mass is 412 g/mol. The second-order valence-corrected chi connectivity index (χ2v) is 6.84. The Labute approximate surface area is 161 Å². The molecule has 7 nitrogen and oxygen atoms in total. The van der Waals surface area contributed by atoms with Gasteiger partial charge in [-0.15, -0.1) is 16.9 Å². The van der Waals surface area contributed by atoms with Crippen LogP contribution in [0.4, 0.5) is 13.2 Å². The van der Waals surface area contributed by atoms with Crippen molar-refractivity contribution >= 4 is 23.4 Å². The Bertz CT molecular complexity index is 1090. The first-order valence-electron chi connectivity index (χ1n) is 8.25. The summed E-state index contributed by atoms with van der Waals surface area (Å²) >= 11 is 1.31. The number of aromatic nitrogens is 4. The van der Waals surface area contributed by atoms with Crippen molar-refractivity contribution in [2.45, 2.75) is 24.9 Å². The lowest BCUT2D eigenvalue weighted by Crippen LogP contribution is -2.22. The molecule has 0 aliphatic heterocycles. The van der Waals surface area contributed by atoms with Gasteiger partial charge in [0, 0.05) is 12.4 Å². The molecule has 3 aromatic heterocycles. The Hall–Kier alpha value is -2.82. The number of carbonyl (C=O) groups is 1. The van der Waals surface area contributed by atoms with Gasteiger partial charge >= 0.3 is 17.8 Å². The third-order valence-electron chi connectivity index (χ3n) is 3.69. The summed E-state index contributed by atoms with van der Waals surface area (Å²) in [5.41, 5.74) is -1.51. The van der Waals surface area contributed by atoms with Crippen molar-refractivity contribution in [3.05, 3.63) is 52.2 Å². The molecule has 0 amide bonds. The topological polar surface area (TPSA) is 78.5 Å². The van der Waals surface area contributed by atoms with Crippen LogP contribution >= 0.6 is 11.8 Å². The lowest BCUT2D eigenvalue weighted by Gasteiger charge is -2.08. The zero-order valence-electron chi connectivity index (χ0n) is 14.9. The van der Waals surface area contributed by atoms with Crippen molar-refractivity contribution in [1.82, 2.24) is 19.2 Å². The fourth-order valence-electron chi connectivity index (χ4n) is 2.46. The van der Waals surface area contributed by atoms with E-state index in [9.17, 15) is 22.8 Å². The van der Waals surface area contributed by atoms with E-state index >= 15 is 0 Å². The SMILES string of the molecule is CCOC(=O)c1cnc(-n2nc3ccc(C(F)(F)F)cn3c2=O)c(SCC)c1. The van der Waals surface area contributed by atoms with E-state index < -0.39 is 23.4 Å². The van der Waals surface area contributed by atoms with Gasteiger partial charge in [0.15, 0.2) is 11.5 Å². The molecule has 0 saturated heterocycles. The highest BCUT2D eigenvalue weighted by Crippen LogP contribution is 2.29. The van der Waals surface area contributed by atoms with Gasteiger partial charge in [0.2, 0.25) is 0 Å². The number of ether oxygens (including phenoxy) is 1. The van der Waals surface area contributed by atoms with Gasteiger partial charge in [-0.25, -0.2) is 19.0 Å². The molecule has 11 heteroatoms. The van der Waals surface area contributed by atoms with Gasteiger partial charge in [0.1, 0.15) is 0 Å². The summed E-state index contributed by atoms with van der Waals surface area (Å²) in [5.74, 6) is 0.181. The Morgan fingerprint density at radius 3 is 2.68 bits per heavy atom. The van der Waals surface area contributed by atoms with E-state index in [1.807, 2.05) is 6.92 Å². The number of pyridine rings is 2. The number of thioether (sulfide) groups is 1. The second-order valence-electron chi connectivity index (χ2n) is 5.54. The number of halogens is 3. The predicted octanol–water partition coefficient (Wildman–Crippen LogP) is 3.19. The quantitative estimate of drug-likeness (QED) is 0.473. The van der Waals surface area contributed by atoms with E-state index in [-0.39, 0.29) is 23.6 Å². The van der Waals surface area contributed by atoms with Gasteiger partial charge in [-0.05, 0) is 30.9 Å². The summed E-state index contributed by atoms with van der Waals surface area (Å²) in [7, 11) is 0. The van der Waals surface area contributed by atoms with Crippen LogP contribution in [0.25, 0.3) is 11.5 Å². The molecule has 3 aromatic rings. The fraction of sp³-hybridized carbons (Fsp3) is 0.294. The molecule has 0 unspecified atom stereocenters. The lowest BCUT2D eigenvalue weighted by molar-refractivity contribution is -0.137. The Kier molecular flexibility index (Phi) is 5.45. The van der Waals surface area contributed by atoms with Crippen molar-refractivity contribution in [1.29, 1.82) is 0 Å². The molecule has 0 fully saturated rings. The predicted molar refractivity (Wildman–Crippen MR) is 95.9 cm³/mol. The summed E-state index contributed by atoms with van der Waals surface area (Å²) in [6.07, 6.45) is -2.65. The Morgan fingerprint density at radius 1 is 1.29 bits per heavy atom. The molecule has 0 N–H and O–H groups in total. The maximum atomic E-state index is 12.9. The average Bonchev–Trinajstić information content (AvgIpc) is 2.97. The average molecular weight is 412 g/mol. The molecule has 148 valence electrons. The Balaban J connectivity index is 2.14. The molecule has 0 saturated carbocycles. The normalized spacial score (nSPS) is 11.8. The van der Waals surface area contributed by atoms with E-state index in [0.29, 0.717) is 16.8 Å². The van der Waals surface area contributed by atoms with Gasteiger partial charge in [0.25, 0.3) is 0 Å². The first kappa shape index (κ1) is 19.9. The molecular formula is C17H15F3N4O3S.